The van der Waals surface area contributed by atoms with E-state index in [0.29, 0.717) is 5.69 Å². The molecule has 0 bridgehead atoms. The Balaban J connectivity index is 2.09. The van der Waals surface area contributed by atoms with Crippen molar-refractivity contribution < 1.29 is 9.18 Å². The highest BCUT2D eigenvalue weighted by atomic mass is 35.5. The molecule has 1 N–H and O–H groups in total. The van der Waals surface area contributed by atoms with E-state index in [1.54, 1.807) is 13.1 Å². The lowest BCUT2D eigenvalue weighted by atomic mass is 10.2. The summed E-state index contributed by atoms with van der Waals surface area (Å²) in [7, 11) is 1.63. The van der Waals surface area contributed by atoms with Crippen molar-refractivity contribution in [2.24, 2.45) is 12.1 Å². The zero-order valence-corrected chi connectivity index (χ0v) is 10.7. The number of carbonyl (C=O) groups excluding carboxylic acids is 1. The van der Waals surface area contributed by atoms with Gasteiger partial charge in [0.05, 0.1) is 11.2 Å². The van der Waals surface area contributed by atoms with Gasteiger partial charge in [-0.3, -0.25) is 9.48 Å². The number of hydrazone groups is 1. The second-order valence-electron chi connectivity index (χ2n) is 3.67. The molecule has 2 aromatic rings. The predicted octanol–water partition coefficient (Wildman–Crippen LogP) is 1.98. The average molecular weight is 281 g/mol. The van der Waals surface area contributed by atoms with Crippen LogP contribution in [0.2, 0.25) is 5.02 Å². The molecular formula is C12H10ClFN4O. The van der Waals surface area contributed by atoms with Crippen LogP contribution in [-0.4, -0.2) is 21.9 Å². The Labute approximate surface area is 113 Å². The minimum Gasteiger partial charge on any atom is -0.266 e. The number of aromatic nitrogens is 2. The predicted molar refractivity (Wildman–Crippen MR) is 69.7 cm³/mol. The fraction of sp³-hybridized carbons (Fsp3) is 0.0833. The maximum absolute atomic E-state index is 13.4. The lowest BCUT2D eigenvalue weighted by Crippen LogP contribution is -2.20. The molecule has 0 radical (unpaired) electrons. The van der Waals surface area contributed by atoms with Crippen LogP contribution >= 0.6 is 11.6 Å². The Bertz CT molecular complexity index is 618. The molecule has 1 heterocycles. The van der Waals surface area contributed by atoms with Crippen molar-refractivity contribution in [3.05, 3.63) is 52.6 Å². The number of benzene rings is 1. The molecule has 0 saturated heterocycles. The van der Waals surface area contributed by atoms with Crippen molar-refractivity contribution in [3.63, 3.8) is 0 Å². The summed E-state index contributed by atoms with van der Waals surface area (Å²) in [6.07, 6.45) is 2.65. The molecule has 0 fully saturated rings. The van der Waals surface area contributed by atoms with Crippen LogP contribution in [0.25, 0.3) is 0 Å². The normalized spacial score (nSPS) is 10.9. The number of hydrogen-bond acceptors (Lipinski definition) is 3. The second kappa shape index (κ2) is 5.62. The van der Waals surface area contributed by atoms with Crippen LogP contribution in [-0.2, 0) is 7.05 Å². The monoisotopic (exact) mass is 280 g/mol. The van der Waals surface area contributed by atoms with E-state index in [0.717, 1.165) is 6.21 Å². The first-order chi connectivity index (χ1) is 9.09. The minimum absolute atomic E-state index is 0.120. The van der Waals surface area contributed by atoms with Gasteiger partial charge in [-0.25, -0.2) is 9.82 Å². The van der Waals surface area contributed by atoms with Crippen molar-refractivity contribution in [2.45, 2.75) is 0 Å². The molecule has 0 aliphatic carbocycles. The van der Waals surface area contributed by atoms with E-state index in [2.05, 4.69) is 15.6 Å². The quantitative estimate of drug-likeness (QED) is 0.690. The first kappa shape index (κ1) is 13.2. The summed E-state index contributed by atoms with van der Waals surface area (Å²) in [4.78, 5) is 11.7. The van der Waals surface area contributed by atoms with Gasteiger partial charge in [-0.1, -0.05) is 17.7 Å². The average Bonchev–Trinajstić information content (AvgIpc) is 2.79. The lowest BCUT2D eigenvalue weighted by Gasteiger charge is -2.01. The Morgan fingerprint density at radius 3 is 2.95 bits per heavy atom. The Morgan fingerprint density at radius 1 is 1.53 bits per heavy atom. The second-order valence-corrected chi connectivity index (χ2v) is 4.08. The fourth-order valence-electron chi connectivity index (χ4n) is 1.44. The molecule has 0 unspecified atom stereocenters. The first-order valence-electron chi connectivity index (χ1n) is 5.35. The van der Waals surface area contributed by atoms with Gasteiger partial charge in [-0.2, -0.15) is 10.2 Å². The maximum Gasteiger partial charge on any atom is 0.289 e. The number of amides is 1. The summed E-state index contributed by atoms with van der Waals surface area (Å²) in [5.41, 5.74) is 2.74. The maximum atomic E-state index is 13.4. The van der Waals surface area contributed by atoms with Crippen LogP contribution in [0.3, 0.4) is 0 Å². The SMILES string of the molecule is Cn1nccc1C(=O)N/N=C/c1c(F)cccc1Cl. The molecular weight excluding hydrogens is 271 g/mol. The third-order valence-corrected chi connectivity index (χ3v) is 2.74. The number of rotatable bonds is 3. The van der Waals surface area contributed by atoms with E-state index in [9.17, 15) is 9.18 Å². The van der Waals surface area contributed by atoms with Gasteiger partial charge in [0, 0.05) is 18.8 Å². The third-order valence-electron chi connectivity index (χ3n) is 2.41. The number of nitrogens with zero attached hydrogens (tertiary/aromatic N) is 3. The van der Waals surface area contributed by atoms with Crippen LogP contribution in [0.4, 0.5) is 4.39 Å². The summed E-state index contributed by atoms with van der Waals surface area (Å²) in [6, 6.07) is 5.83. The molecule has 0 aliphatic rings. The summed E-state index contributed by atoms with van der Waals surface area (Å²) >= 11 is 5.81. The highest BCUT2D eigenvalue weighted by molar-refractivity contribution is 6.33. The van der Waals surface area contributed by atoms with Gasteiger partial charge in [0.2, 0.25) is 0 Å². The van der Waals surface area contributed by atoms with Gasteiger partial charge < -0.3 is 0 Å². The number of carbonyl (C=O) groups is 1. The molecule has 0 spiro atoms. The van der Waals surface area contributed by atoms with Crippen molar-refractivity contribution >= 4 is 23.7 Å². The number of halogens is 2. The lowest BCUT2D eigenvalue weighted by molar-refractivity contribution is 0.0945. The molecule has 5 nitrogen and oxygen atoms in total. The van der Waals surface area contributed by atoms with Crippen molar-refractivity contribution in [3.8, 4) is 0 Å². The molecule has 19 heavy (non-hydrogen) atoms. The topological polar surface area (TPSA) is 59.3 Å². The van der Waals surface area contributed by atoms with Crippen molar-refractivity contribution in [2.75, 3.05) is 0 Å². The molecule has 0 atom stereocenters. The first-order valence-corrected chi connectivity index (χ1v) is 5.73. The number of aryl methyl sites for hydroxylation is 1. The standard InChI is InChI=1S/C12H10ClFN4O/c1-18-11(5-6-16-18)12(19)17-15-7-8-9(13)3-2-4-10(8)14/h2-7H,1H3,(H,17,19)/b15-7+. The summed E-state index contributed by atoms with van der Waals surface area (Å²) in [6.45, 7) is 0. The highest BCUT2D eigenvalue weighted by Gasteiger charge is 2.08. The van der Waals surface area contributed by atoms with Crippen LogP contribution < -0.4 is 5.43 Å². The van der Waals surface area contributed by atoms with E-state index in [1.165, 1.54) is 29.1 Å². The van der Waals surface area contributed by atoms with Crippen LogP contribution in [0.1, 0.15) is 16.1 Å². The van der Waals surface area contributed by atoms with Gasteiger partial charge in [-0.05, 0) is 18.2 Å². The minimum atomic E-state index is -0.508. The molecule has 1 aromatic carbocycles. The van der Waals surface area contributed by atoms with E-state index in [4.69, 9.17) is 11.6 Å². The zero-order valence-electron chi connectivity index (χ0n) is 9.97. The van der Waals surface area contributed by atoms with E-state index >= 15 is 0 Å². The third kappa shape index (κ3) is 2.97. The van der Waals surface area contributed by atoms with Gasteiger partial charge in [-0.15, -0.1) is 0 Å². The Hall–Kier alpha value is -2.21. The van der Waals surface area contributed by atoms with Crippen LogP contribution in [0.15, 0.2) is 35.6 Å². The zero-order chi connectivity index (χ0) is 13.8. The number of hydrogen-bond donors (Lipinski definition) is 1. The smallest absolute Gasteiger partial charge is 0.266 e. The van der Waals surface area contributed by atoms with Crippen LogP contribution in [0.5, 0.6) is 0 Å². The molecule has 0 aliphatic heterocycles. The van der Waals surface area contributed by atoms with E-state index in [-0.39, 0.29) is 10.6 Å². The van der Waals surface area contributed by atoms with Crippen molar-refractivity contribution in [1.82, 2.24) is 15.2 Å². The van der Waals surface area contributed by atoms with E-state index in [1.807, 2.05) is 0 Å². The van der Waals surface area contributed by atoms with Crippen LogP contribution in [0, 0.1) is 5.82 Å². The summed E-state index contributed by atoms with van der Waals surface area (Å²) < 4.78 is 14.8. The summed E-state index contributed by atoms with van der Waals surface area (Å²) in [5, 5.41) is 7.75. The molecule has 1 amide bonds. The number of nitrogens with one attached hydrogen (secondary N) is 1. The Morgan fingerprint density at radius 2 is 2.32 bits per heavy atom. The highest BCUT2D eigenvalue weighted by Crippen LogP contribution is 2.16. The van der Waals surface area contributed by atoms with Crippen molar-refractivity contribution in [1.29, 1.82) is 0 Å². The molecule has 98 valence electrons. The molecule has 7 heteroatoms. The molecule has 1 aromatic heterocycles. The van der Waals surface area contributed by atoms with Gasteiger partial charge >= 0.3 is 0 Å². The van der Waals surface area contributed by atoms with Gasteiger partial charge in [0.15, 0.2) is 0 Å². The van der Waals surface area contributed by atoms with Gasteiger partial charge in [0.1, 0.15) is 11.5 Å². The largest absolute Gasteiger partial charge is 0.289 e. The fourth-order valence-corrected chi connectivity index (χ4v) is 1.66. The summed E-state index contributed by atoms with van der Waals surface area (Å²) in [5.74, 6) is -0.949. The van der Waals surface area contributed by atoms with Gasteiger partial charge in [0.25, 0.3) is 5.91 Å². The Kier molecular flexibility index (Phi) is 3.91. The van der Waals surface area contributed by atoms with E-state index < -0.39 is 11.7 Å². The molecule has 2 rings (SSSR count). The molecule has 0 saturated carbocycles.